The number of thiophene rings is 1. The first-order valence-electron chi connectivity index (χ1n) is 6.96. The summed E-state index contributed by atoms with van der Waals surface area (Å²) in [6, 6.07) is 1.67. The van der Waals surface area contributed by atoms with E-state index in [1.165, 1.54) is 0 Å². The molecule has 0 radical (unpaired) electrons. The van der Waals surface area contributed by atoms with Gasteiger partial charge >= 0.3 is 12.0 Å². The van der Waals surface area contributed by atoms with E-state index in [1.54, 1.807) is 11.3 Å². The van der Waals surface area contributed by atoms with E-state index in [0.717, 1.165) is 10.4 Å². The summed E-state index contributed by atoms with van der Waals surface area (Å²) in [4.78, 5) is 24.0. The van der Waals surface area contributed by atoms with Gasteiger partial charge in [0.15, 0.2) is 0 Å². The molecule has 0 bridgehead atoms. The van der Waals surface area contributed by atoms with Crippen molar-refractivity contribution in [3.8, 4) is 0 Å². The van der Waals surface area contributed by atoms with Crippen LogP contribution in [0.5, 0.6) is 0 Å². The number of carboxylic acids is 1. The Kier molecular flexibility index (Phi) is 6.20. The molecule has 0 aliphatic rings. The molecule has 0 aromatic carbocycles. The number of carbonyl (C=O) groups is 2. The largest absolute Gasteiger partial charge is 0.481 e. The van der Waals surface area contributed by atoms with E-state index in [0.29, 0.717) is 13.0 Å². The number of hydrogen-bond donors (Lipinski definition) is 3. The number of carbonyl (C=O) groups excluding carboxylic acids is 1. The van der Waals surface area contributed by atoms with E-state index in [9.17, 15) is 14.7 Å². The summed E-state index contributed by atoms with van der Waals surface area (Å²) in [5.41, 5.74) is 1.06. The van der Waals surface area contributed by atoms with Gasteiger partial charge in [-0.1, -0.05) is 20.8 Å². The maximum atomic E-state index is 11.7. The minimum absolute atomic E-state index is 0.0880. The molecule has 0 saturated carbocycles. The quantitative estimate of drug-likeness (QED) is 0.755. The molecular formula is C15H24N2O3S. The monoisotopic (exact) mass is 312 g/mol. The molecule has 1 unspecified atom stereocenters. The van der Waals surface area contributed by atoms with Crippen LogP contribution in [-0.2, 0) is 11.3 Å². The molecule has 0 saturated heterocycles. The summed E-state index contributed by atoms with van der Waals surface area (Å²) in [5, 5.41) is 16.6. The van der Waals surface area contributed by atoms with Gasteiger partial charge in [-0.25, -0.2) is 4.79 Å². The fourth-order valence-electron chi connectivity index (χ4n) is 2.01. The Hall–Kier alpha value is -1.56. The Morgan fingerprint density at radius 3 is 2.48 bits per heavy atom. The first kappa shape index (κ1) is 17.5. The molecular weight excluding hydrogens is 288 g/mol. The van der Waals surface area contributed by atoms with Crippen LogP contribution in [0.4, 0.5) is 4.79 Å². The number of rotatable bonds is 6. The molecule has 1 aromatic heterocycles. The second-order valence-corrected chi connectivity index (χ2v) is 7.39. The molecule has 118 valence electrons. The Bertz CT molecular complexity index is 491. The topological polar surface area (TPSA) is 78.4 Å². The molecule has 1 heterocycles. The van der Waals surface area contributed by atoms with Crippen molar-refractivity contribution in [1.29, 1.82) is 0 Å². The molecule has 0 fully saturated rings. The lowest BCUT2D eigenvalue weighted by Gasteiger charge is -2.23. The van der Waals surface area contributed by atoms with Crippen LogP contribution in [0, 0.1) is 18.3 Å². The van der Waals surface area contributed by atoms with Gasteiger partial charge in [0.25, 0.3) is 0 Å². The maximum absolute atomic E-state index is 11.7. The van der Waals surface area contributed by atoms with E-state index in [2.05, 4.69) is 10.6 Å². The minimum atomic E-state index is -0.876. The lowest BCUT2D eigenvalue weighted by Crippen LogP contribution is -2.40. The highest BCUT2D eigenvalue weighted by atomic mass is 32.1. The SMILES string of the molecule is Cc1ccsc1CNC(=O)NCC(CC(C)(C)C)C(=O)O. The van der Waals surface area contributed by atoms with Crippen molar-refractivity contribution in [1.82, 2.24) is 10.6 Å². The zero-order valence-corrected chi connectivity index (χ0v) is 13.8. The second kappa shape index (κ2) is 7.45. The Morgan fingerprint density at radius 2 is 2.00 bits per heavy atom. The molecule has 2 amide bonds. The third kappa shape index (κ3) is 6.62. The van der Waals surface area contributed by atoms with Gasteiger partial charge < -0.3 is 15.7 Å². The van der Waals surface area contributed by atoms with Crippen LogP contribution in [0.25, 0.3) is 0 Å². The van der Waals surface area contributed by atoms with Crippen molar-refractivity contribution >= 4 is 23.3 Å². The summed E-state index contributed by atoms with van der Waals surface area (Å²) in [5.74, 6) is -1.45. The zero-order valence-electron chi connectivity index (χ0n) is 13.0. The van der Waals surface area contributed by atoms with Crippen LogP contribution in [0.3, 0.4) is 0 Å². The van der Waals surface area contributed by atoms with E-state index in [-0.39, 0.29) is 18.0 Å². The highest BCUT2D eigenvalue weighted by Crippen LogP contribution is 2.24. The normalized spacial score (nSPS) is 12.8. The second-order valence-electron chi connectivity index (χ2n) is 6.39. The fourth-order valence-corrected chi connectivity index (χ4v) is 2.86. The Labute approximate surface area is 129 Å². The summed E-state index contributed by atoms with van der Waals surface area (Å²) >= 11 is 1.59. The van der Waals surface area contributed by atoms with Crippen molar-refractivity contribution < 1.29 is 14.7 Å². The number of carboxylic acid groups (broad SMARTS) is 1. The molecule has 0 aliphatic heterocycles. The van der Waals surface area contributed by atoms with Gasteiger partial charge in [-0.15, -0.1) is 11.3 Å². The first-order valence-corrected chi connectivity index (χ1v) is 7.84. The lowest BCUT2D eigenvalue weighted by atomic mass is 9.84. The first-order chi connectivity index (χ1) is 9.69. The zero-order chi connectivity index (χ0) is 16.0. The van der Waals surface area contributed by atoms with Gasteiger partial charge in [0.05, 0.1) is 12.5 Å². The van der Waals surface area contributed by atoms with Crippen molar-refractivity contribution in [3.63, 3.8) is 0 Å². The van der Waals surface area contributed by atoms with E-state index < -0.39 is 11.9 Å². The highest BCUT2D eigenvalue weighted by molar-refractivity contribution is 7.10. The predicted molar refractivity (Wildman–Crippen MR) is 84.5 cm³/mol. The summed E-state index contributed by atoms with van der Waals surface area (Å²) in [7, 11) is 0. The van der Waals surface area contributed by atoms with Crippen LogP contribution in [0.1, 0.15) is 37.6 Å². The molecule has 3 N–H and O–H groups in total. The minimum Gasteiger partial charge on any atom is -0.481 e. The molecule has 1 rings (SSSR count). The number of hydrogen-bond acceptors (Lipinski definition) is 3. The summed E-state index contributed by atoms with van der Waals surface area (Å²) in [6.45, 7) is 8.57. The predicted octanol–water partition coefficient (Wildman–Crippen LogP) is 2.99. The van der Waals surface area contributed by atoms with Crippen LogP contribution in [0.2, 0.25) is 0 Å². The van der Waals surface area contributed by atoms with Gasteiger partial charge in [0.1, 0.15) is 0 Å². The molecule has 6 heteroatoms. The maximum Gasteiger partial charge on any atom is 0.315 e. The Morgan fingerprint density at radius 1 is 1.33 bits per heavy atom. The van der Waals surface area contributed by atoms with E-state index >= 15 is 0 Å². The number of aliphatic carboxylic acids is 1. The number of nitrogens with one attached hydrogen (secondary N) is 2. The summed E-state index contributed by atoms with van der Waals surface area (Å²) in [6.07, 6.45) is 0.520. The van der Waals surface area contributed by atoms with E-state index in [1.807, 2.05) is 39.1 Å². The molecule has 1 aromatic rings. The molecule has 5 nitrogen and oxygen atoms in total. The highest BCUT2D eigenvalue weighted by Gasteiger charge is 2.24. The van der Waals surface area contributed by atoms with Crippen molar-refractivity contribution in [2.75, 3.05) is 6.54 Å². The lowest BCUT2D eigenvalue weighted by molar-refractivity contribution is -0.142. The van der Waals surface area contributed by atoms with Gasteiger partial charge in [-0.3, -0.25) is 4.79 Å². The van der Waals surface area contributed by atoms with Crippen LogP contribution in [-0.4, -0.2) is 23.7 Å². The van der Waals surface area contributed by atoms with Crippen LogP contribution < -0.4 is 10.6 Å². The standard InChI is InChI=1S/C15H24N2O3S/c1-10-5-6-21-12(10)9-17-14(20)16-8-11(13(18)19)7-15(2,3)4/h5-6,11H,7-9H2,1-4H3,(H,18,19)(H2,16,17,20). The fraction of sp³-hybridized carbons (Fsp3) is 0.600. The van der Waals surface area contributed by atoms with Gasteiger partial charge in [-0.05, 0) is 35.8 Å². The van der Waals surface area contributed by atoms with Crippen molar-refractivity contribution in [2.45, 2.75) is 40.7 Å². The van der Waals surface area contributed by atoms with Gasteiger partial charge in [-0.2, -0.15) is 0 Å². The van der Waals surface area contributed by atoms with Gasteiger partial charge in [0, 0.05) is 11.4 Å². The Balaban J connectivity index is 2.40. The summed E-state index contributed by atoms with van der Waals surface area (Å²) < 4.78 is 0. The average Bonchev–Trinajstić information content (AvgIpc) is 2.76. The van der Waals surface area contributed by atoms with Gasteiger partial charge in [0.2, 0.25) is 0 Å². The van der Waals surface area contributed by atoms with Crippen LogP contribution in [0.15, 0.2) is 11.4 Å². The van der Waals surface area contributed by atoms with Crippen LogP contribution >= 0.6 is 11.3 Å². The van der Waals surface area contributed by atoms with E-state index in [4.69, 9.17) is 0 Å². The smallest absolute Gasteiger partial charge is 0.315 e. The third-order valence-corrected chi connectivity index (χ3v) is 4.12. The number of amides is 2. The molecule has 0 spiro atoms. The third-order valence-electron chi connectivity index (χ3n) is 3.09. The number of aryl methyl sites for hydroxylation is 1. The molecule has 0 aliphatic carbocycles. The van der Waals surface area contributed by atoms with Crippen molar-refractivity contribution in [2.24, 2.45) is 11.3 Å². The molecule has 1 atom stereocenters. The number of urea groups is 1. The average molecular weight is 312 g/mol. The van der Waals surface area contributed by atoms with Crippen molar-refractivity contribution in [3.05, 3.63) is 21.9 Å². The molecule has 21 heavy (non-hydrogen) atoms.